The zero-order valence-electron chi connectivity index (χ0n) is 12.4. The summed E-state index contributed by atoms with van der Waals surface area (Å²) in [5.41, 5.74) is 2.48. The number of amides is 1. The molecular weight excluding hydrogens is 362 g/mol. The third-order valence-corrected chi connectivity index (χ3v) is 5.62. The Morgan fingerprint density at radius 3 is 3.14 bits per heavy atom. The lowest BCUT2D eigenvalue weighted by Crippen LogP contribution is -2.24. The molecule has 1 fully saturated rings. The number of hydrogen-bond donors (Lipinski definition) is 2. The van der Waals surface area contributed by atoms with Gasteiger partial charge in [-0.2, -0.15) is 0 Å². The van der Waals surface area contributed by atoms with Gasteiger partial charge in [0.2, 0.25) is 5.91 Å². The number of carbonyl (C=O) groups excluding carboxylic acids is 1. The van der Waals surface area contributed by atoms with Crippen molar-refractivity contribution < 1.29 is 4.79 Å². The molecule has 1 amide bonds. The van der Waals surface area contributed by atoms with Crippen LogP contribution in [0.5, 0.6) is 0 Å². The molecule has 0 spiro atoms. The molecule has 2 aromatic rings. The van der Waals surface area contributed by atoms with Crippen LogP contribution >= 0.6 is 27.3 Å². The van der Waals surface area contributed by atoms with Crippen molar-refractivity contribution in [1.29, 1.82) is 0 Å². The van der Waals surface area contributed by atoms with Crippen molar-refractivity contribution in [2.24, 2.45) is 5.92 Å². The van der Waals surface area contributed by atoms with Crippen molar-refractivity contribution in [1.82, 2.24) is 10.3 Å². The zero-order valence-corrected chi connectivity index (χ0v) is 14.8. The van der Waals surface area contributed by atoms with Crippen LogP contribution in [-0.4, -0.2) is 24.0 Å². The fourth-order valence-corrected chi connectivity index (χ4v) is 3.65. The normalized spacial score (nSPS) is 17.6. The first-order chi connectivity index (χ1) is 10.6. The average molecular weight is 380 g/mol. The summed E-state index contributed by atoms with van der Waals surface area (Å²) in [5, 5.41) is 6.83. The van der Waals surface area contributed by atoms with Crippen LogP contribution in [0.1, 0.15) is 22.4 Å². The van der Waals surface area contributed by atoms with Gasteiger partial charge in [-0.05, 0) is 37.1 Å². The maximum absolute atomic E-state index is 12.1. The summed E-state index contributed by atoms with van der Waals surface area (Å²) in [5.74, 6) is 0.145. The van der Waals surface area contributed by atoms with E-state index in [1.807, 2.05) is 6.20 Å². The second kappa shape index (κ2) is 6.89. The van der Waals surface area contributed by atoms with Crippen molar-refractivity contribution in [3.63, 3.8) is 0 Å². The number of aryl methyl sites for hydroxylation is 1. The predicted octanol–water partition coefficient (Wildman–Crippen LogP) is 3.35. The standard InChI is InChI=1S/C16H18BrN3OS/c1-10-6-11(2-3-14(10)17)7-13-9-19-16(22-13)20-15(21)12-4-5-18-8-12/h2-3,6,9,12,18H,4-5,7-8H2,1H3,(H,19,20,21). The molecule has 1 aromatic heterocycles. The summed E-state index contributed by atoms with van der Waals surface area (Å²) in [7, 11) is 0. The predicted molar refractivity (Wildman–Crippen MR) is 93.4 cm³/mol. The number of nitrogens with one attached hydrogen (secondary N) is 2. The molecule has 1 aliphatic heterocycles. The smallest absolute Gasteiger partial charge is 0.230 e. The number of carbonyl (C=O) groups is 1. The molecule has 0 saturated carbocycles. The van der Waals surface area contributed by atoms with E-state index in [1.165, 1.54) is 11.1 Å². The summed E-state index contributed by atoms with van der Waals surface area (Å²) in [6.45, 7) is 3.77. The summed E-state index contributed by atoms with van der Waals surface area (Å²) in [4.78, 5) is 17.5. The van der Waals surface area contributed by atoms with E-state index >= 15 is 0 Å². The van der Waals surface area contributed by atoms with Crippen molar-refractivity contribution >= 4 is 38.3 Å². The molecule has 2 heterocycles. The highest BCUT2D eigenvalue weighted by Gasteiger charge is 2.23. The number of rotatable bonds is 4. The van der Waals surface area contributed by atoms with Gasteiger partial charge in [0.05, 0.1) is 5.92 Å². The van der Waals surface area contributed by atoms with Crippen LogP contribution < -0.4 is 10.6 Å². The van der Waals surface area contributed by atoms with Gasteiger partial charge < -0.3 is 10.6 Å². The van der Waals surface area contributed by atoms with Gasteiger partial charge >= 0.3 is 0 Å². The van der Waals surface area contributed by atoms with E-state index < -0.39 is 0 Å². The van der Waals surface area contributed by atoms with Crippen molar-refractivity contribution in [3.8, 4) is 0 Å². The van der Waals surface area contributed by atoms with Crippen LogP contribution in [0.25, 0.3) is 0 Å². The molecule has 1 aliphatic rings. The molecule has 0 radical (unpaired) electrons. The SMILES string of the molecule is Cc1cc(Cc2cnc(NC(=O)C3CCNC3)s2)ccc1Br. The van der Waals surface area contributed by atoms with Gasteiger partial charge in [0.25, 0.3) is 0 Å². The van der Waals surface area contributed by atoms with E-state index in [1.54, 1.807) is 11.3 Å². The monoisotopic (exact) mass is 379 g/mol. The number of nitrogens with zero attached hydrogens (tertiary/aromatic N) is 1. The lowest BCUT2D eigenvalue weighted by atomic mass is 10.1. The van der Waals surface area contributed by atoms with E-state index in [0.717, 1.165) is 35.3 Å². The number of thiazole rings is 1. The van der Waals surface area contributed by atoms with Crippen LogP contribution in [-0.2, 0) is 11.2 Å². The Bertz CT molecular complexity index is 680. The van der Waals surface area contributed by atoms with Crippen LogP contribution in [0.3, 0.4) is 0 Å². The number of benzene rings is 1. The minimum absolute atomic E-state index is 0.0708. The van der Waals surface area contributed by atoms with Gasteiger partial charge in [-0.1, -0.05) is 28.1 Å². The van der Waals surface area contributed by atoms with E-state index in [9.17, 15) is 4.79 Å². The number of anilines is 1. The molecule has 22 heavy (non-hydrogen) atoms. The summed E-state index contributed by atoms with van der Waals surface area (Å²) in [6, 6.07) is 6.35. The third kappa shape index (κ3) is 3.74. The van der Waals surface area contributed by atoms with Crippen LogP contribution in [0, 0.1) is 12.8 Å². The van der Waals surface area contributed by atoms with E-state index in [-0.39, 0.29) is 11.8 Å². The molecule has 116 valence electrons. The van der Waals surface area contributed by atoms with Crippen molar-refractivity contribution in [3.05, 3.63) is 44.9 Å². The zero-order chi connectivity index (χ0) is 15.5. The van der Waals surface area contributed by atoms with Gasteiger partial charge in [-0.3, -0.25) is 4.79 Å². The number of aromatic nitrogens is 1. The Balaban J connectivity index is 1.63. The average Bonchev–Trinajstić information content (AvgIpc) is 3.15. The maximum atomic E-state index is 12.1. The first kappa shape index (κ1) is 15.6. The van der Waals surface area contributed by atoms with Crippen LogP contribution in [0.4, 0.5) is 5.13 Å². The number of halogens is 1. The molecule has 4 nitrogen and oxygen atoms in total. The van der Waals surface area contributed by atoms with Crippen LogP contribution in [0.2, 0.25) is 0 Å². The molecule has 1 unspecified atom stereocenters. The van der Waals surface area contributed by atoms with Crippen molar-refractivity contribution in [2.45, 2.75) is 19.8 Å². The molecular formula is C16H18BrN3OS. The second-order valence-electron chi connectivity index (χ2n) is 5.57. The van der Waals surface area contributed by atoms with Crippen molar-refractivity contribution in [2.75, 3.05) is 18.4 Å². The minimum Gasteiger partial charge on any atom is -0.316 e. The highest BCUT2D eigenvalue weighted by Crippen LogP contribution is 2.24. The summed E-state index contributed by atoms with van der Waals surface area (Å²) < 4.78 is 1.12. The molecule has 2 N–H and O–H groups in total. The summed E-state index contributed by atoms with van der Waals surface area (Å²) >= 11 is 5.07. The maximum Gasteiger partial charge on any atom is 0.230 e. The van der Waals surface area contributed by atoms with Gasteiger partial charge in [-0.25, -0.2) is 4.98 Å². The lowest BCUT2D eigenvalue weighted by Gasteiger charge is -2.06. The Kier molecular flexibility index (Phi) is 4.90. The highest BCUT2D eigenvalue weighted by atomic mass is 79.9. The van der Waals surface area contributed by atoms with Gasteiger partial charge in [-0.15, -0.1) is 11.3 Å². The molecule has 3 rings (SSSR count). The Hall–Kier alpha value is -1.24. The Morgan fingerprint density at radius 1 is 1.55 bits per heavy atom. The first-order valence-electron chi connectivity index (χ1n) is 7.33. The van der Waals surface area contributed by atoms with Gasteiger partial charge in [0, 0.05) is 28.5 Å². The van der Waals surface area contributed by atoms with E-state index in [4.69, 9.17) is 0 Å². The van der Waals surface area contributed by atoms with Crippen LogP contribution in [0.15, 0.2) is 28.9 Å². The lowest BCUT2D eigenvalue weighted by molar-refractivity contribution is -0.119. The summed E-state index contributed by atoms with van der Waals surface area (Å²) in [6.07, 6.45) is 3.60. The molecule has 1 aromatic carbocycles. The number of hydrogen-bond acceptors (Lipinski definition) is 4. The van der Waals surface area contributed by atoms with Gasteiger partial charge in [0.15, 0.2) is 5.13 Å². The highest BCUT2D eigenvalue weighted by molar-refractivity contribution is 9.10. The Morgan fingerprint density at radius 2 is 2.41 bits per heavy atom. The molecule has 0 aliphatic carbocycles. The molecule has 1 atom stereocenters. The molecule has 1 saturated heterocycles. The van der Waals surface area contributed by atoms with E-state index in [2.05, 4.69) is 56.7 Å². The fraction of sp³-hybridized carbons (Fsp3) is 0.375. The molecule has 0 bridgehead atoms. The van der Waals surface area contributed by atoms with E-state index in [0.29, 0.717) is 5.13 Å². The Labute approximate surface area is 142 Å². The minimum atomic E-state index is 0.0708. The largest absolute Gasteiger partial charge is 0.316 e. The second-order valence-corrected chi connectivity index (χ2v) is 7.54. The molecule has 6 heteroatoms. The third-order valence-electron chi connectivity index (χ3n) is 3.82. The quantitative estimate of drug-likeness (QED) is 0.856. The van der Waals surface area contributed by atoms with Gasteiger partial charge in [0.1, 0.15) is 0 Å². The fourth-order valence-electron chi connectivity index (χ4n) is 2.55. The topological polar surface area (TPSA) is 54.0 Å². The first-order valence-corrected chi connectivity index (χ1v) is 8.94.